The fourth-order valence-electron chi connectivity index (χ4n) is 3.08. The second kappa shape index (κ2) is 6.80. The van der Waals surface area contributed by atoms with E-state index in [-0.39, 0.29) is 11.8 Å². The van der Waals surface area contributed by atoms with Gasteiger partial charge in [0.2, 0.25) is 5.91 Å². The van der Waals surface area contributed by atoms with Crippen LogP contribution in [0.15, 0.2) is 23.3 Å². The number of nitrogens with one attached hydrogen (secondary N) is 1. The van der Waals surface area contributed by atoms with Gasteiger partial charge in [-0.05, 0) is 24.1 Å². The highest BCUT2D eigenvalue weighted by molar-refractivity contribution is 6.06. The lowest BCUT2D eigenvalue weighted by atomic mass is 9.89. The molecule has 2 aliphatic rings. The van der Waals surface area contributed by atoms with E-state index in [9.17, 15) is 10.1 Å². The molecule has 0 aliphatic carbocycles. The fourth-order valence-corrected chi connectivity index (χ4v) is 3.08. The number of nitriles is 1. The third kappa shape index (κ3) is 3.20. The average molecular weight is 312 g/mol. The van der Waals surface area contributed by atoms with Crippen LogP contribution in [0.1, 0.15) is 30.9 Å². The second-order valence-electron chi connectivity index (χ2n) is 5.78. The number of hydrazone groups is 1. The number of carbonyl (C=O) groups excluding carboxylic acids is 1. The highest BCUT2D eigenvalue weighted by atomic mass is 16.5. The topological polar surface area (TPSA) is 77.7 Å². The first-order valence-corrected chi connectivity index (χ1v) is 7.96. The van der Waals surface area contributed by atoms with Gasteiger partial charge in [0.1, 0.15) is 6.07 Å². The predicted molar refractivity (Wildman–Crippen MR) is 87.3 cm³/mol. The van der Waals surface area contributed by atoms with Crippen LogP contribution in [0.4, 0.5) is 5.69 Å². The number of ether oxygens (including phenoxy) is 1. The first-order valence-electron chi connectivity index (χ1n) is 7.96. The van der Waals surface area contributed by atoms with Gasteiger partial charge in [-0.2, -0.15) is 10.4 Å². The molecule has 1 fully saturated rings. The average Bonchev–Trinajstić information content (AvgIpc) is 2.61. The molecule has 1 unspecified atom stereocenters. The number of rotatable bonds is 3. The lowest BCUT2D eigenvalue weighted by Gasteiger charge is -2.30. The van der Waals surface area contributed by atoms with Crippen LogP contribution in [0.2, 0.25) is 0 Å². The largest absolute Gasteiger partial charge is 0.378 e. The van der Waals surface area contributed by atoms with Gasteiger partial charge in [-0.1, -0.05) is 13.0 Å². The molecular weight excluding hydrogens is 292 g/mol. The van der Waals surface area contributed by atoms with E-state index < -0.39 is 0 Å². The van der Waals surface area contributed by atoms with Crippen molar-refractivity contribution in [1.82, 2.24) is 5.43 Å². The van der Waals surface area contributed by atoms with Gasteiger partial charge in [0.15, 0.2) is 0 Å². The Balaban J connectivity index is 1.92. The van der Waals surface area contributed by atoms with E-state index in [4.69, 9.17) is 4.74 Å². The number of morpholine rings is 1. The third-order valence-electron chi connectivity index (χ3n) is 4.38. The summed E-state index contributed by atoms with van der Waals surface area (Å²) in [5.74, 6) is 0.0515. The van der Waals surface area contributed by atoms with E-state index in [1.807, 2.05) is 25.1 Å². The van der Waals surface area contributed by atoms with Crippen molar-refractivity contribution < 1.29 is 9.53 Å². The molecule has 0 bridgehead atoms. The molecule has 0 aromatic heterocycles. The minimum Gasteiger partial charge on any atom is -0.378 e. The Hall–Kier alpha value is -2.39. The van der Waals surface area contributed by atoms with Crippen LogP contribution in [0.5, 0.6) is 0 Å². The van der Waals surface area contributed by atoms with Gasteiger partial charge in [-0.3, -0.25) is 4.79 Å². The number of hydrogen-bond acceptors (Lipinski definition) is 5. The summed E-state index contributed by atoms with van der Waals surface area (Å²) in [7, 11) is 0. The van der Waals surface area contributed by atoms with Crippen molar-refractivity contribution in [3.63, 3.8) is 0 Å². The molecule has 6 nitrogen and oxygen atoms in total. The summed E-state index contributed by atoms with van der Waals surface area (Å²) in [6, 6.07) is 8.14. The lowest BCUT2D eigenvalue weighted by molar-refractivity contribution is -0.122. The van der Waals surface area contributed by atoms with Crippen molar-refractivity contribution >= 4 is 17.3 Å². The highest BCUT2D eigenvalue weighted by Gasteiger charge is 2.25. The summed E-state index contributed by atoms with van der Waals surface area (Å²) < 4.78 is 5.37. The maximum Gasteiger partial charge on any atom is 0.240 e. The Morgan fingerprint density at radius 1 is 1.43 bits per heavy atom. The Bertz CT molecular complexity index is 672. The van der Waals surface area contributed by atoms with Gasteiger partial charge in [0.05, 0.1) is 30.2 Å². The van der Waals surface area contributed by atoms with E-state index in [0.717, 1.165) is 36.5 Å². The standard InChI is InChI=1S/C17H20N4O2/c1-2-12-10-16(22)19-20-17(12)13-3-4-15(14(9-13)11-18)21-5-7-23-8-6-21/h3-4,9,12H,2,5-8,10H2,1H3,(H,19,22). The quantitative estimate of drug-likeness (QED) is 0.920. The third-order valence-corrected chi connectivity index (χ3v) is 4.38. The molecule has 1 saturated heterocycles. The van der Waals surface area contributed by atoms with Crippen molar-refractivity contribution in [2.45, 2.75) is 19.8 Å². The van der Waals surface area contributed by atoms with Crippen LogP contribution >= 0.6 is 0 Å². The molecule has 1 aromatic carbocycles. The van der Waals surface area contributed by atoms with Crippen molar-refractivity contribution in [3.05, 3.63) is 29.3 Å². The number of carbonyl (C=O) groups is 1. The van der Waals surface area contributed by atoms with Gasteiger partial charge < -0.3 is 9.64 Å². The van der Waals surface area contributed by atoms with E-state index >= 15 is 0 Å². The zero-order chi connectivity index (χ0) is 16.2. The number of anilines is 1. The van der Waals surface area contributed by atoms with Crippen LogP contribution in [-0.2, 0) is 9.53 Å². The molecule has 1 N–H and O–H groups in total. The first-order chi connectivity index (χ1) is 11.2. The normalized spacial score (nSPS) is 21.4. The monoisotopic (exact) mass is 312 g/mol. The van der Waals surface area contributed by atoms with Gasteiger partial charge in [-0.15, -0.1) is 0 Å². The van der Waals surface area contributed by atoms with Crippen molar-refractivity contribution in [1.29, 1.82) is 5.26 Å². The molecule has 1 atom stereocenters. The molecule has 1 aromatic rings. The molecule has 23 heavy (non-hydrogen) atoms. The minimum atomic E-state index is -0.0500. The van der Waals surface area contributed by atoms with E-state index in [1.54, 1.807) is 0 Å². The van der Waals surface area contributed by atoms with Crippen LogP contribution < -0.4 is 10.3 Å². The van der Waals surface area contributed by atoms with Gasteiger partial charge in [0.25, 0.3) is 0 Å². The number of benzene rings is 1. The van der Waals surface area contributed by atoms with E-state index in [2.05, 4.69) is 21.5 Å². The molecule has 3 rings (SSSR count). The van der Waals surface area contributed by atoms with Crippen molar-refractivity contribution in [2.75, 3.05) is 31.2 Å². The van der Waals surface area contributed by atoms with Gasteiger partial charge >= 0.3 is 0 Å². The van der Waals surface area contributed by atoms with E-state index in [0.29, 0.717) is 25.2 Å². The molecule has 120 valence electrons. The van der Waals surface area contributed by atoms with Crippen molar-refractivity contribution in [3.8, 4) is 6.07 Å². The maximum atomic E-state index is 11.5. The lowest BCUT2D eigenvalue weighted by Crippen LogP contribution is -2.37. The molecule has 2 heterocycles. The minimum absolute atomic E-state index is 0.0500. The molecule has 0 saturated carbocycles. The highest BCUT2D eigenvalue weighted by Crippen LogP contribution is 2.26. The Kier molecular flexibility index (Phi) is 4.58. The summed E-state index contributed by atoms with van der Waals surface area (Å²) in [5.41, 5.74) is 5.89. The molecule has 2 aliphatic heterocycles. The summed E-state index contributed by atoms with van der Waals surface area (Å²) in [6.07, 6.45) is 1.29. The van der Waals surface area contributed by atoms with Crippen LogP contribution in [0.25, 0.3) is 0 Å². The second-order valence-corrected chi connectivity index (χ2v) is 5.78. The van der Waals surface area contributed by atoms with Crippen molar-refractivity contribution in [2.24, 2.45) is 11.0 Å². The van der Waals surface area contributed by atoms with Crippen LogP contribution in [0.3, 0.4) is 0 Å². The van der Waals surface area contributed by atoms with Gasteiger partial charge in [-0.25, -0.2) is 5.43 Å². The zero-order valence-corrected chi connectivity index (χ0v) is 13.2. The smallest absolute Gasteiger partial charge is 0.240 e. The van der Waals surface area contributed by atoms with Crippen LogP contribution in [-0.4, -0.2) is 37.9 Å². The summed E-state index contributed by atoms with van der Waals surface area (Å²) in [5, 5.41) is 13.7. The van der Waals surface area contributed by atoms with E-state index in [1.165, 1.54) is 0 Å². The van der Waals surface area contributed by atoms with Crippen LogP contribution in [0, 0.1) is 17.2 Å². The first kappa shape index (κ1) is 15.5. The Morgan fingerprint density at radius 2 is 2.22 bits per heavy atom. The molecule has 0 radical (unpaired) electrons. The number of amides is 1. The zero-order valence-electron chi connectivity index (χ0n) is 13.2. The van der Waals surface area contributed by atoms with Gasteiger partial charge in [0, 0.05) is 25.4 Å². The SMILES string of the molecule is CCC1CC(=O)NN=C1c1ccc(N2CCOCC2)c(C#N)c1. The Morgan fingerprint density at radius 3 is 2.91 bits per heavy atom. The molecule has 0 spiro atoms. The molecule has 1 amide bonds. The Labute approximate surface area is 135 Å². The number of nitrogens with zero attached hydrogens (tertiary/aromatic N) is 3. The fraction of sp³-hybridized carbons (Fsp3) is 0.471. The summed E-state index contributed by atoms with van der Waals surface area (Å²) in [6.45, 7) is 5.00. The predicted octanol–water partition coefficient (Wildman–Crippen LogP) is 1.65. The molecular formula is C17H20N4O2. The number of hydrogen-bond donors (Lipinski definition) is 1. The summed E-state index contributed by atoms with van der Waals surface area (Å²) >= 11 is 0. The molecule has 6 heteroatoms. The maximum absolute atomic E-state index is 11.5. The summed E-state index contributed by atoms with van der Waals surface area (Å²) in [4.78, 5) is 13.7.